The van der Waals surface area contributed by atoms with Crippen LogP contribution in [-0.4, -0.2) is 17.9 Å². The first-order chi connectivity index (χ1) is 13.6. The van der Waals surface area contributed by atoms with E-state index in [0.29, 0.717) is 17.8 Å². The van der Waals surface area contributed by atoms with Gasteiger partial charge in [-0.1, -0.05) is 29.3 Å². The highest BCUT2D eigenvalue weighted by Crippen LogP contribution is 2.36. The molecular weight excluding hydrogens is 352 g/mol. The van der Waals surface area contributed by atoms with Crippen molar-refractivity contribution in [2.75, 3.05) is 0 Å². The molecule has 0 bridgehead atoms. The summed E-state index contributed by atoms with van der Waals surface area (Å²) in [5.74, 6) is 1.59. The summed E-state index contributed by atoms with van der Waals surface area (Å²) in [5.41, 5.74) is 19.2. The molecular formula is C21H30N6O. The minimum Gasteiger partial charge on any atom is -0.289 e. The Labute approximate surface area is 166 Å². The Morgan fingerprint density at radius 1 is 0.786 bits per heavy atom. The Morgan fingerprint density at radius 2 is 1.18 bits per heavy atom. The van der Waals surface area contributed by atoms with Crippen molar-refractivity contribution in [1.29, 1.82) is 0 Å². The highest BCUT2D eigenvalue weighted by molar-refractivity contribution is 6.09. The van der Waals surface area contributed by atoms with E-state index in [1.807, 2.05) is 0 Å². The van der Waals surface area contributed by atoms with Crippen LogP contribution in [0.25, 0.3) is 20.9 Å². The summed E-state index contributed by atoms with van der Waals surface area (Å²) in [4.78, 5) is 18.9. The van der Waals surface area contributed by atoms with E-state index in [2.05, 4.69) is 39.1 Å². The number of hydrogen-bond donors (Lipinski definition) is 0. The van der Waals surface area contributed by atoms with Gasteiger partial charge in [0, 0.05) is 21.9 Å². The van der Waals surface area contributed by atoms with Crippen molar-refractivity contribution in [1.82, 2.24) is 0 Å². The molecule has 1 atom stereocenters. The third-order valence-electron chi connectivity index (χ3n) is 6.51. The van der Waals surface area contributed by atoms with Gasteiger partial charge in [-0.2, -0.15) is 0 Å². The predicted octanol–water partition coefficient (Wildman–Crippen LogP) is 6.58. The van der Waals surface area contributed by atoms with Gasteiger partial charge in [-0.3, -0.25) is 4.79 Å². The van der Waals surface area contributed by atoms with Crippen LogP contribution in [0.15, 0.2) is 33.5 Å². The monoisotopic (exact) mass is 382 g/mol. The minimum absolute atomic E-state index is 0.122. The molecule has 0 N–H and O–H groups in total. The molecule has 28 heavy (non-hydrogen) atoms. The zero-order valence-corrected chi connectivity index (χ0v) is 16.7. The fourth-order valence-electron chi connectivity index (χ4n) is 4.98. The number of hydrogen-bond acceptors (Lipinski definition) is 3. The molecule has 1 unspecified atom stereocenters. The fourth-order valence-corrected chi connectivity index (χ4v) is 4.98. The van der Waals surface area contributed by atoms with Crippen molar-refractivity contribution in [3.8, 4) is 0 Å². The summed E-state index contributed by atoms with van der Waals surface area (Å²) in [6.07, 6.45) is 13.8. The molecule has 3 aliphatic rings. The molecule has 0 saturated heterocycles. The Hall–Kier alpha value is -2.23. The molecule has 0 radical (unpaired) electrons. The van der Waals surface area contributed by atoms with Crippen molar-refractivity contribution in [2.45, 2.75) is 83.2 Å². The largest absolute Gasteiger partial charge is 0.289 e. The number of allylic oxidation sites excluding steroid dienone is 4. The van der Waals surface area contributed by atoms with Crippen LogP contribution in [0, 0.1) is 17.8 Å². The summed E-state index contributed by atoms with van der Waals surface area (Å²) in [5, 5.41) is 7.69. The molecule has 7 nitrogen and oxygen atoms in total. The summed E-state index contributed by atoms with van der Waals surface area (Å²) in [7, 11) is 0. The van der Waals surface area contributed by atoms with Gasteiger partial charge in [0.25, 0.3) is 0 Å². The second kappa shape index (κ2) is 9.81. The van der Waals surface area contributed by atoms with Crippen molar-refractivity contribution < 1.29 is 4.79 Å². The van der Waals surface area contributed by atoms with E-state index >= 15 is 0 Å². The maximum atomic E-state index is 13.1. The summed E-state index contributed by atoms with van der Waals surface area (Å²) in [6, 6.07) is 0.244. The molecule has 0 aromatic carbocycles. The van der Waals surface area contributed by atoms with Crippen LogP contribution >= 0.6 is 0 Å². The number of nitrogens with zero attached hydrogens (tertiary/aromatic N) is 6. The zero-order chi connectivity index (χ0) is 19.9. The molecule has 0 heterocycles. The van der Waals surface area contributed by atoms with E-state index in [0.717, 1.165) is 75.4 Å². The molecule has 0 aromatic heterocycles. The minimum atomic E-state index is 0.122. The van der Waals surface area contributed by atoms with Crippen molar-refractivity contribution in [2.24, 2.45) is 28.0 Å². The second-order valence-electron chi connectivity index (χ2n) is 8.77. The molecule has 3 saturated carbocycles. The Kier molecular flexibility index (Phi) is 7.18. The third-order valence-corrected chi connectivity index (χ3v) is 6.51. The molecule has 7 heteroatoms. The first-order valence-electron chi connectivity index (χ1n) is 10.6. The van der Waals surface area contributed by atoms with Crippen LogP contribution in [0.5, 0.6) is 0 Å². The highest BCUT2D eigenvalue weighted by atomic mass is 16.1. The van der Waals surface area contributed by atoms with Gasteiger partial charge >= 0.3 is 0 Å². The van der Waals surface area contributed by atoms with Gasteiger partial charge in [-0.05, 0) is 104 Å². The maximum Gasteiger partial charge on any atom is 0.184 e. The SMILES string of the molecule is CC1CC(=CC2CCC(N=[N+]=[N-])CC2)C(=O)/C(=C/C2CCC(N=[N+]=[N-])CC2)C1. The molecule has 0 spiro atoms. The van der Waals surface area contributed by atoms with Crippen molar-refractivity contribution in [3.05, 3.63) is 44.2 Å². The van der Waals surface area contributed by atoms with Crippen LogP contribution in [0.3, 0.4) is 0 Å². The average molecular weight is 383 g/mol. The normalized spacial score (nSPS) is 36.6. The molecule has 3 rings (SSSR count). The van der Waals surface area contributed by atoms with Crippen LogP contribution in [0.1, 0.15) is 71.1 Å². The first-order valence-corrected chi connectivity index (χ1v) is 10.6. The van der Waals surface area contributed by atoms with Crippen LogP contribution in [0.4, 0.5) is 0 Å². The third kappa shape index (κ3) is 5.40. The maximum absolute atomic E-state index is 13.1. The van der Waals surface area contributed by atoms with Crippen LogP contribution < -0.4 is 0 Å². The zero-order valence-electron chi connectivity index (χ0n) is 16.7. The van der Waals surface area contributed by atoms with Gasteiger partial charge < -0.3 is 0 Å². The van der Waals surface area contributed by atoms with E-state index in [4.69, 9.17) is 11.1 Å². The lowest BCUT2D eigenvalue weighted by molar-refractivity contribution is -0.113. The summed E-state index contributed by atoms with van der Waals surface area (Å²) in [6.45, 7) is 2.23. The van der Waals surface area contributed by atoms with Gasteiger partial charge in [-0.15, -0.1) is 0 Å². The van der Waals surface area contributed by atoms with Crippen molar-refractivity contribution >= 4 is 5.78 Å². The molecule has 0 aromatic rings. The van der Waals surface area contributed by atoms with Crippen molar-refractivity contribution in [3.63, 3.8) is 0 Å². The molecule has 3 fully saturated rings. The summed E-state index contributed by atoms with van der Waals surface area (Å²) < 4.78 is 0. The van der Waals surface area contributed by atoms with Gasteiger partial charge in [-0.25, -0.2) is 0 Å². The Bertz CT molecular complexity index is 668. The average Bonchev–Trinajstić information content (AvgIpc) is 2.69. The molecule has 150 valence electrons. The number of ketones is 1. The smallest absolute Gasteiger partial charge is 0.184 e. The van der Waals surface area contributed by atoms with E-state index in [-0.39, 0.29) is 17.9 Å². The second-order valence-corrected chi connectivity index (χ2v) is 8.77. The number of carbonyl (C=O) groups excluding carboxylic acids is 1. The lowest BCUT2D eigenvalue weighted by Gasteiger charge is -2.29. The van der Waals surface area contributed by atoms with Gasteiger partial charge in [0.2, 0.25) is 0 Å². The highest BCUT2D eigenvalue weighted by Gasteiger charge is 2.29. The van der Waals surface area contributed by atoms with E-state index in [1.54, 1.807) is 0 Å². The Morgan fingerprint density at radius 3 is 1.54 bits per heavy atom. The van der Waals surface area contributed by atoms with Crippen LogP contribution in [0.2, 0.25) is 0 Å². The lowest BCUT2D eigenvalue weighted by atomic mass is 9.76. The lowest BCUT2D eigenvalue weighted by Crippen LogP contribution is -2.22. The first kappa shape index (κ1) is 20.5. The molecule has 0 aliphatic heterocycles. The van der Waals surface area contributed by atoms with Gasteiger partial charge in [0.1, 0.15) is 0 Å². The Balaban J connectivity index is 1.64. The number of azide groups is 2. The number of Topliss-reactive ketones (excluding diaryl/α,β-unsaturated/α-hetero) is 1. The van der Waals surface area contributed by atoms with E-state index < -0.39 is 0 Å². The van der Waals surface area contributed by atoms with Crippen LogP contribution in [-0.2, 0) is 4.79 Å². The fraction of sp³-hybridized carbons (Fsp3) is 0.762. The summed E-state index contributed by atoms with van der Waals surface area (Å²) >= 11 is 0. The van der Waals surface area contributed by atoms with E-state index in [9.17, 15) is 4.79 Å². The standard InChI is InChI=1S/C21H30N6O/c1-14-10-17(12-15-2-6-19(7-3-15)24-26-22)21(28)18(11-14)13-16-4-8-20(9-5-16)25-27-23/h12-16,19-20H,2-11H2,1H3/b17-12+,18-13?. The van der Waals surface area contributed by atoms with E-state index in [1.165, 1.54) is 0 Å². The number of rotatable bonds is 4. The quantitative estimate of drug-likeness (QED) is 0.232. The van der Waals surface area contributed by atoms with Gasteiger partial charge in [0.05, 0.1) is 0 Å². The molecule has 0 amide bonds. The molecule has 3 aliphatic carbocycles. The predicted molar refractivity (Wildman–Crippen MR) is 109 cm³/mol. The van der Waals surface area contributed by atoms with Gasteiger partial charge in [0.15, 0.2) is 5.78 Å². The number of carbonyl (C=O) groups is 1. The topological polar surface area (TPSA) is 115 Å².